The first kappa shape index (κ1) is 8.07. The second kappa shape index (κ2) is 2.74. The molecule has 2 aromatic rings. The van der Waals surface area contributed by atoms with Gasteiger partial charge in [-0.15, -0.1) is 0 Å². The lowest BCUT2D eigenvalue weighted by Crippen LogP contribution is -1.89. The molecule has 1 unspecified atom stereocenters. The smallest absolute Gasteiger partial charge is 0.224 e. The van der Waals surface area contributed by atoms with Crippen LogP contribution in [-0.4, -0.2) is 10.1 Å². The van der Waals surface area contributed by atoms with Crippen LogP contribution >= 0.6 is 0 Å². The average molecular weight is 178 g/mol. The highest BCUT2D eigenvalue weighted by Gasteiger charge is 2.09. The van der Waals surface area contributed by atoms with Crippen LogP contribution in [0.25, 0.3) is 11.1 Å². The van der Waals surface area contributed by atoms with Crippen molar-refractivity contribution < 1.29 is 9.52 Å². The van der Waals surface area contributed by atoms with Gasteiger partial charge in [0.1, 0.15) is 11.6 Å². The molecular weight excluding hydrogens is 168 g/mol. The van der Waals surface area contributed by atoms with E-state index >= 15 is 0 Å². The van der Waals surface area contributed by atoms with Crippen LogP contribution in [0.5, 0.6) is 0 Å². The van der Waals surface area contributed by atoms with Gasteiger partial charge in [0.05, 0.1) is 0 Å². The molecule has 0 aliphatic heterocycles. The molecule has 4 nitrogen and oxygen atoms in total. The number of hydrogen-bond donors (Lipinski definition) is 2. The summed E-state index contributed by atoms with van der Waals surface area (Å²) in [5, 5.41) is 9.21. The summed E-state index contributed by atoms with van der Waals surface area (Å²) >= 11 is 0. The van der Waals surface area contributed by atoms with Crippen LogP contribution in [0, 0.1) is 0 Å². The number of rotatable bonds is 1. The van der Waals surface area contributed by atoms with Gasteiger partial charge in [-0.2, -0.15) is 0 Å². The standard InChI is InChI=1S/C9H10N2O2/c1-5(12)9-11-7-4-6(10)2-3-8(7)13-9/h2-5,12H,10H2,1H3. The molecule has 0 spiro atoms. The Morgan fingerprint density at radius 3 is 3.00 bits per heavy atom. The van der Waals surface area contributed by atoms with Gasteiger partial charge < -0.3 is 15.3 Å². The van der Waals surface area contributed by atoms with Crippen LogP contribution in [0.1, 0.15) is 18.9 Å². The van der Waals surface area contributed by atoms with Crippen molar-refractivity contribution in [2.24, 2.45) is 0 Å². The molecule has 3 N–H and O–H groups in total. The maximum atomic E-state index is 9.21. The molecule has 0 saturated carbocycles. The quantitative estimate of drug-likeness (QED) is 0.648. The lowest BCUT2D eigenvalue weighted by atomic mass is 10.3. The fourth-order valence-corrected chi connectivity index (χ4v) is 1.14. The summed E-state index contributed by atoms with van der Waals surface area (Å²) in [6.07, 6.45) is -0.686. The van der Waals surface area contributed by atoms with Crippen molar-refractivity contribution in [2.75, 3.05) is 5.73 Å². The fourth-order valence-electron chi connectivity index (χ4n) is 1.14. The van der Waals surface area contributed by atoms with Gasteiger partial charge in [-0.05, 0) is 25.1 Å². The monoisotopic (exact) mass is 178 g/mol. The zero-order valence-corrected chi connectivity index (χ0v) is 7.19. The third-order valence-electron chi connectivity index (χ3n) is 1.79. The SMILES string of the molecule is CC(O)c1nc2cc(N)ccc2o1. The van der Waals surface area contributed by atoms with Crippen LogP contribution in [0.4, 0.5) is 5.69 Å². The van der Waals surface area contributed by atoms with Crippen LogP contribution in [0.3, 0.4) is 0 Å². The summed E-state index contributed by atoms with van der Waals surface area (Å²) < 4.78 is 5.27. The van der Waals surface area contributed by atoms with Gasteiger partial charge in [0.25, 0.3) is 0 Å². The summed E-state index contributed by atoms with van der Waals surface area (Å²) in [6, 6.07) is 5.19. The molecule has 0 saturated heterocycles. The molecule has 0 fully saturated rings. The Balaban J connectivity index is 2.62. The lowest BCUT2D eigenvalue weighted by Gasteiger charge is -1.93. The molecule has 68 valence electrons. The highest BCUT2D eigenvalue weighted by Crippen LogP contribution is 2.21. The summed E-state index contributed by atoms with van der Waals surface area (Å²) in [7, 11) is 0. The minimum atomic E-state index is -0.686. The Kier molecular flexibility index (Phi) is 1.70. The molecule has 0 bridgehead atoms. The van der Waals surface area contributed by atoms with E-state index in [-0.39, 0.29) is 0 Å². The van der Waals surface area contributed by atoms with Crippen LogP contribution in [0.15, 0.2) is 22.6 Å². The van der Waals surface area contributed by atoms with Gasteiger partial charge in [-0.3, -0.25) is 0 Å². The van der Waals surface area contributed by atoms with Gasteiger partial charge >= 0.3 is 0 Å². The maximum absolute atomic E-state index is 9.21. The van der Waals surface area contributed by atoms with Crippen molar-refractivity contribution >= 4 is 16.8 Å². The Morgan fingerprint density at radius 1 is 1.54 bits per heavy atom. The first-order chi connectivity index (χ1) is 6.16. The van der Waals surface area contributed by atoms with E-state index in [1.54, 1.807) is 25.1 Å². The van der Waals surface area contributed by atoms with Crippen molar-refractivity contribution in [2.45, 2.75) is 13.0 Å². The molecule has 1 atom stereocenters. The Morgan fingerprint density at radius 2 is 2.31 bits per heavy atom. The third-order valence-corrected chi connectivity index (χ3v) is 1.79. The normalized spacial score (nSPS) is 13.4. The van der Waals surface area contributed by atoms with E-state index in [2.05, 4.69) is 4.98 Å². The molecule has 1 heterocycles. The number of nitrogen functional groups attached to an aromatic ring is 1. The number of oxazole rings is 1. The molecule has 0 aliphatic rings. The van der Waals surface area contributed by atoms with E-state index in [1.807, 2.05) is 0 Å². The van der Waals surface area contributed by atoms with Crippen LogP contribution in [0.2, 0.25) is 0 Å². The number of aromatic nitrogens is 1. The van der Waals surface area contributed by atoms with Crippen molar-refractivity contribution in [3.05, 3.63) is 24.1 Å². The Hall–Kier alpha value is -1.55. The highest BCUT2D eigenvalue weighted by molar-refractivity contribution is 5.76. The van der Waals surface area contributed by atoms with Crippen molar-refractivity contribution in [3.63, 3.8) is 0 Å². The third kappa shape index (κ3) is 1.36. The van der Waals surface area contributed by atoms with E-state index in [9.17, 15) is 5.11 Å². The van der Waals surface area contributed by atoms with E-state index in [0.29, 0.717) is 22.7 Å². The van der Waals surface area contributed by atoms with E-state index in [4.69, 9.17) is 10.2 Å². The van der Waals surface area contributed by atoms with E-state index in [0.717, 1.165) is 0 Å². The molecule has 0 amide bonds. The minimum absolute atomic E-state index is 0.320. The number of benzene rings is 1. The first-order valence-electron chi connectivity index (χ1n) is 4.01. The highest BCUT2D eigenvalue weighted by atomic mass is 16.4. The maximum Gasteiger partial charge on any atom is 0.224 e. The number of nitrogens with two attached hydrogens (primary N) is 1. The zero-order chi connectivity index (χ0) is 9.42. The summed E-state index contributed by atoms with van der Waals surface area (Å²) in [5.74, 6) is 0.320. The number of hydrogen-bond acceptors (Lipinski definition) is 4. The fraction of sp³-hybridized carbons (Fsp3) is 0.222. The zero-order valence-electron chi connectivity index (χ0n) is 7.19. The second-order valence-corrected chi connectivity index (χ2v) is 2.96. The van der Waals surface area contributed by atoms with Crippen LogP contribution < -0.4 is 5.73 Å². The van der Waals surface area contributed by atoms with Gasteiger partial charge in [-0.25, -0.2) is 4.98 Å². The predicted molar refractivity (Wildman–Crippen MR) is 49.1 cm³/mol. The summed E-state index contributed by atoms with van der Waals surface area (Å²) in [6.45, 7) is 1.61. The number of aliphatic hydroxyl groups excluding tert-OH is 1. The number of nitrogens with zero attached hydrogens (tertiary/aromatic N) is 1. The number of fused-ring (bicyclic) bond motifs is 1. The van der Waals surface area contributed by atoms with Gasteiger partial charge in [-0.1, -0.05) is 0 Å². The molecule has 1 aromatic carbocycles. The van der Waals surface area contributed by atoms with E-state index < -0.39 is 6.10 Å². The lowest BCUT2D eigenvalue weighted by molar-refractivity contribution is 0.165. The molecule has 13 heavy (non-hydrogen) atoms. The average Bonchev–Trinajstić information content (AvgIpc) is 2.46. The summed E-state index contributed by atoms with van der Waals surface area (Å²) in [4.78, 5) is 4.08. The van der Waals surface area contributed by atoms with Crippen molar-refractivity contribution in [3.8, 4) is 0 Å². The molecule has 4 heteroatoms. The number of anilines is 1. The molecule has 0 aliphatic carbocycles. The molecule has 0 radical (unpaired) electrons. The van der Waals surface area contributed by atoms with Crippen molar-refractivity contribution in [1.82, 2.24) is 4.98 Å². The van der Waals surface area contributed by atoms with Gasteiger partial charge in [0.2, 0.25) is 5.89 Å². The molecular formula is C9H10N2O2. The van der Waals surface area contributed by atoms with Gasteiger partial charge in [0.15, 0.2) is 5.58 Å². The summed E-state index contributed by atoms with van der Waals surface area (Å²) in [5.41, 5.74) is 7.52. The molecule has 2 rings (SSSR count). The van der Waals surface area contributed by atoms with E-state index in [1.165, 1.54) is 0 Å². The second-order valence-electron chi connectivity index (χ2n) is 2.96. The van der Waals surface area contributed by atoms with Gasteiger partial charge in [0, 0.05) is 5.69 Å². The molecule has 1 aromatic heterocycles. The first-order valence-corrected chi connectivity index (χ1v) is 4.01. The Labute approximate surface area is 75.0 Å². The minimum Gasteiger partial charge on any atom is -0.438 e. The predicted octanol–water partition coefficient (Wildman–Crippen LogP) is 1.46. The topological polar surface area (TPSA) is 72.3 Å². The van der Waals surface area contributed by atoms with Crippen LogP contribution in [-0.2, 0) is 0 Å². The number of aliphatic hydroxyl groups is 1. The van der Waals surface area contributed by atoms with Crippen molar-refractivity contribution in [1.29, 1.82) is 0 Å². The largest absolute Gasteiger partial charge is 0.438 e. The Bertz CT molecular complexity index is 434.